The molecular formula is C12H23N3O6. The molecule has 0 heterocycles. The summed E-state index contributed by atoms with van der Waals surface area (Å²) >= 11 is 0. The van der Waals surface area contributed by atoms with E-state index in [1.807, 2.05) is 0 Å². The number of aliphatic hydroxyl groups excluding tert-OH is 2. The summed E-state index contributed by atoms with van der Waals surface area (Å²) in [6, 6.07) is 0. The van der Waals surface area contributed by atoms with Crippen LogP contribution in [0.1, 0.15) is 6.42 Å². The highest BCUT2D eigenvalue weighted by Crippen LogP contribution is 1.96. The Bertz CT molecular complexity index is 350. The van der Waals surface area contributed by atoms with E-state index in [4.69, 9.17) is 15.3 Å². The molecule has 2 amide bonds. The molecule has 0 saturated heterocycles. The Hall–Kier alpha value is -1.71. The number of likely N-dealkylation sites (N-methyl/N-ethyl adjacent to an activating group) is 1. The van der Waals surface area contributed by atoms with Gasteiger partial charge in [0.05, 0.1) is 19.8 Å². The largest absolute Gasteiger partial charge is 0.480 e. The molecule has 9 heteroatoms. The zero-order valence-corrected chi connectivity index (χ0v) is 12.1. The first-order valence-electron chi connectivity index (χ1n) is 6.57. The molecule has 0 aromatic rings. The van der Waals surface area contributed by atoms with Crippen molar-refractivity contribution in [3.8, 4) is 0 Å². The molecule has 0 rings (SSSR count). The van der Waals surface area contributed by atoms with Crippen LogP contribution in [-0.2, 0) is 14.4 Å². The van der Waals surface area contributed by atoms with Gasteiger partial charge >= 0.3 is 5.97 Å². The van der Waals surface area contributed by atoms with E-state index < -0.39 is 18.4 Å². The van der Waals surface area contributed by atoms with Gasteiger partial charge in [-0.2, -0.15) is 0 Å². The zero-order valence-electron chi connectivity index (χ0n) is 12.1. The summed E-state index contributed by atoms with van der Waals surface area (Å²) in [5.41, 5.74) is 0. The maximum atomic E-state index is 12.0. The Morgan fingerprint density at radius 2 is 1.67 bits per heavy atom. The third-order valence-electron chi connectivity index (χ3n) is 2.66. The first-order valence-corrected chi connectivity index (χ1v) is 6.57. The summed E-state index contributed by atoms with van der Waals surface area (Å²) in [7, 11) is 1.67. The van der Waals surface area contributed by atoms with Crippen molar-refractivity contribution in [1.82, 2.24) is 15.1 Å². The number of hydrogen-bond acceptors (Lipinski definition) is 6. The van der Waals surface area contributed by atoms with Crippen LogP contribution in [-0.4, -0.2) is 95.9 Å². The molecule has 0 unspecified atom stereocenters. The fraction of sp³-hybridized carbons (Fsp3) is 0.750. The van der Waals surface area contributed by atoms with E-state index in [-0.39, 0.29) is 45.2 Å². The number of aliphatic hydroxyl groups is 2. The number of nitrogens with zero attached hydrogens (tertiary/aromatic N) is 2. The summed E-state index contributed by atoms with van der Waals surface area (Å²) < 4.78 is 0. The molecule has 0 aliphatic rings. The molecule has 0 aliphatic carbocycles. The molecule has 0 saturated carbocycles. The lowest BCUT2D eigenvalue weighted by Gasteiger charge is -2.24. The summed E-state index contributed by atoms with van der Waals surface area (Å²) in [6.45, 7) is -0.162. The van der Waals surface area contributed by atoms with Crippen LogP contribution in [0.2, 0.25) is 0 Å². The number of carboxylic acid groups (broad SMARTS) is 1. The molecular weight excluding hydrogens is 282 g/mol. The van der Waals surface area contributed by atoms with Crippen LogP contribution in [0, 0.1) is 0 Å². The van der Waals surface area contributed by atoms with Gasteiger partial charge in [0.2, 0.25) is 11.8 Å². The Morgan fingerprint density at radius 3 is 2.19 bits per heavy atom. The fourth-order valence-corrected chi connectivity index (χ4v) is 1.56. The quantitative estimate of drug-likeness (QED) is 0.327. The molecule has 0 radical (unpaired) electrons. The van der Waals surface area contributed by atoms with Crippen LogP contribution >= 0.6 is 0 Å². The molecule has 0 bridgehead atoms. The lowest BCUT2D eigenvalue weighted by Crippen LogP contribution is -2.43. The van der Waals surface area contributed by atoms with Crippen molar-refractivity contribution in [2.24, 2.45) is 0 Å². The highest BCUT2D eigenvalue weighted by atomic mass is 16.4. The summed E-state index contributed by atoms with van der Waals surface area (Å²) in [4.78, 5) is 36.6. The van der Waals surface area contributed by atoms with Crippen LogP contribution in [0.25, 0.3) is 0 Å². The van der Waals surface area contributed by atoms with E-state index in [0.717, 1.165) is 0 Å². The normalized spacial score (nSPS) is 10.5. The van der Waals surface area contributed by atoms with E-state index in [1.54, 1.807) is 11.9 Å². The molecule has 21 heavy (non-hydrogen) atoms. The first-order chi connectivity index (χ1) is 9.90. The second-order valence-electron chi connectivity index (χ2n) is 4.49. The lowest BCUT2D eigenvalue weighted by atomic mass is 10.3. The molecule has 0 fully saturated rings. The second-order valence-corrected chi connectivity index (χ2v) is 4.49. The molecule has 0 aromatic carbocycles. The highest BCUT2D eigenvalue weighted by molar-refractivity contribution is 5.82. The standard InChI is InChI=1S/C12H23N3O6/c1-14(4-6-16)9-11(19)15(5-7-17)3-2-10(18)13-8-12(20)21/h16-17H,2-9H2,1H3,(H,13,18)(H,20,21). The number of carboxylic acids is 1. The minimum absolute atomic E-state index is 0.0390. The molecule has 0 spiro atoms. The third kappa shape index (κ3) is 9.77. The van der Waals surface area contributed by atoms with Crippen molar-refractivity contribution in [2.75, 3.05) is 53.0 Å². The molecule has 4 N–H and O–H groups in total. The van der Waals surface area contributed by atoms with Crippen molar-refractivity contribution in [3.63, 3.8) is 0 Å². The van der Waals surface area contributed by atoms with Crippen molar-refractivity contribution in [1.29, 1.82) is 0 Å². The maximum absolute atomic E-state index is 12.0. The fourth-order valence-electron chi connectivity index (χ4n) is 1.56. The molecule has 0 aliphatic heterocycles. The predicted molar refractivity (Wildman–Crippen MR) is 73.5 cm³/mol. The average Bonchev–Trinajstić information content (AvgIpc) is 2.41. The van der Waals surface area contributed by atoms with Gasteiger partial charge in [-0.15, -0.1) is 0 Å². The average molecular weight is 305 g/mol. The van der Waals surface area contributed by atoms with E-state index in [1.165, 1.54) is 4.90 Å². The van der Waals surface area contributed by atoms with Gasteiger partial charge in [-0.25, -0.2) is 0 Å². The van der Waals surface area contributed by atoms with Crippen molar-refractivity contribution in [3.05, 3.63) is 0 Å². The van der Waals surface area contributed by atoms with Gasteiger partial charge in [-0.1, -0.05) is 0 Å². The first kappa shape index (κ1) is 19.3. The number of nitrogens with one attached hydrogen (secondary N) is 1. The van der Waals surface area contributed by atoms with Gasteiger partial charge in [0.1, 0.15) is 6.54 Å². The van der Waals surface area contributed by atoms with E-state index in [0.29, 0.717) is 6.54 Å². The van der Waals surface area contributed by atoms with Gasteiger partial charge in [-0.3, -0.25) is 19.3 Å². The zero-order chi connectivity index (χ0) is 16.3. The lowest BCUT2D eigenvalue weighted by molar-refractivity contribution is -0.138. The van der Waals surface area contributed by atoms with E-state index in [2.05, 4.69) is 5.32 Å². The number of carbonyl (C=O) groups is 3. The monoisotopic (exact) mass is 305 g/mol. The Balaban J connectivity index is 4.25. The van der Waals surface area contributed by atoms with Crippen LogP contribution in [0.4, 0.5) is 0 Å². The smallest absolute Gasteiger partial charge is 0.322 e. The number of hydrogen-bond donors (Lipinski definition) is 4. The van der Waals surface area contributed by atoms with Gasteiger partial charge in [0, 0.05) is 26.1 Å². The van der Waals surface area contributed by atoms with Gasteiger partial charge in [0.15, 0.2) is 0 Å². The number of amides is 2. The summed E-state index contributed by atoms with van der Waals surface area (Å²) in [5, 5.41) is 28.3. The molecule has 0 atom stereocenters. The second kappa shape index (κ2) is 11.0. The summed E-state index contributed by atoms with van der Waals surface area (Å²) in [5.74, 6) is -1.89. The molecule has 122 valence electrons. The summed E-state index contributed by atoms with van der Waals surface area (Å²) in [6.07, 6.45) is -0.0390. The minimum atomic E-state index is -1.14. The highest BCUT2D eigenvalue weighted by Gasteiger charge is 2.16. The predicted octanol–water partition coefficient (Wildman–Crippen LogP) is -2.68. The van der Waals surface area contributed by atoms with Gasteiger partial charge < -0.3 is 25.5 Å². The van der Waals surface area contributed by atoms with E-state index >= 15 is 0 Å². The number of rotatable bonds is 11. The van der Waals surface area contributed by atoms with Crippen LogP contribution in [0.5, 0.6) is 0 Å². The maximum Gasteiger partial charge on any atom is 0.322 e. The Labute approximate surface area is 123 Å². The van der Waals surface area contributed by atoms with Gasteiger partial charge in [0.25, 0.3) is 0 Å². The van der Waals surface area contributed by atoms with Gasteiger partial charge in [-0.05, 0) is 7.05 Å². The number of aliphatic carboxylic acids is 1. The van der Waals surface area contributed by atoms with Crippen molar-refractivity contribution >= 4 is 17.8 Å². The van der Waals surface area contributed by atoms with Crippen LogP contribution in [0.15, 0.2) is 0 Å². The number of carbonyl (C=O) groups excluding carboxylic acids is 2. The van der Waals surface area contributed by atoms with Crippen LogP contribution in [0.3, 0.4) is 0 Å². The van der Waals surface area contributed by atoms with Crippen molar-refractivity contribution < 1.29 is 29.7 Å². The Morgan fingerprint density at radius 1 is 1.05 bits per heavy atom. The SMILES string of the molecule is CN(CCO)CC(=O)N(CCO)CCC(=O)NCC(=O)O. The van der Waals surface area contributed by atoms with Crippen molar-refractivity contribution in [2.45, 2.75) is 6.42 Å². The minimum Gasteiger partial charge on any atom is -0.480 e. The van der Waals surface area contributed by atoms with E-state index in [9.17, 15) is 14.4 Å². The topological polar surface area (TPSA) is 130 Å². The molecule has 0 aromatic heterocycles. The van der Waals surface area contributed by atoms with Crippen LogP contribution < -0.4 is 5.32 Å². The third-order valence-corrected chi connectivity index (χ3v) is 2.66. The molecule has 9 nitrogen and oxygen atoms in total. The Kier molecular flexibility index (Phi) is 10.1.